The number of nitrogens with one attached hydrogen (secondary N) is 1. The third kappa shape index (κ3) is 4.83. The van der Waals surface area contributed by atoms with Crippen LogP contribution in [0, 0.1) is 10.5 Å². The van der Waals surface area contributed by atoms with Crippen LogP contribution in [-0.2, 0) is 20.4 Å². The molecule has 11 heteroatoms. The summed E-state index contributed by atoms with van der Waals surface area (Å²) in [5.41, 5.74) is 0.490. The SMILES string of the molecule is CC1CCC(n2cc(F)c(=S)[nH]c2=O)O1.CO[P+]1(O)OCc2ccccc2O1. The molecule has 1 saturated heterocycles. The predicted octanol–water partition coefficient (Wildman–Crippen LogP) is 3.65. The number of hydrogen-bond donors (Lipinski definition) is 2. The monoisotopic (exact) mass is 431 g/mol. The fourth-order valence-corrected chi connectivity index (χ4v) is 3.87. The highest BCUT2D eigenvalue weighted by Gasteiger charge is 2.48. The van der Waals surface area contributed by atoms with Crippen LogP contribution in [0.15, 0.2) is 35.3 Å². The summed E-state index contributed by atoms with van der Waals surface area (Å²) in [7, 11) is -1.71. The maximum atomic E-state index is 13.2. The lowest BCUT2D eigenvalue weighted by Gasteiger charge is -2.19. The second-order valence-electron chi connectivity index (χ2n) is 6.25. The third-order valence-corrected chi connectivity index (χ3v) is 5.89. The normalized spacial score (nSPS) is 26.0. The quantitative estimate of drug-likeness (QED) is 0.554. The number of H-pyrrole nitrogens is 1. The Labute approximate surface area is 166 Å². The number of halogens is 1. The summed E-state index contributed by atoms with van der Waals surface area (Å²) < 4.78 is 34.7. The van der Waals surface area contributed by atoms with Gasteiger partial charge in [-0.2, -0.15) is 4.89 Å². The van der Waals surface area contributed by atoms with Gasteiger partial charge in [0.1, 0.15) is 17.5 Å². The molecule has 3 atom stereocenters. The first-order valence-electron chi connectivity index (χ1n) is 8.57. The van der Waals surface area contributed by atoms with Crippen molar-refractivity contribution in [2.45, 2.75) is 38.7 Å². The molecule has 28 heavy (non-hydrogen) atoms. The Morgan fingerprint density at radius 3 is 2.82 bits per heavy atom. The molecule has 0 saturated carbocycles. The summed E-state index contributed by atoms with van der Waals surface area (Å²) in [5, 5.41) is 0. The van der Waals surface area contributed by atoms with Gasteiger partial charge in [-0.05, 0) is 25.8 Å². The molecule has 3 unspecified atom stereocenters. The van der Waals surface area contributed by atoms with Gasteiger partial charge in [0.05, 0.1) is 19.4 Å². The highest BCUT2D eigenvalue weighted by Crippen LogP contribution is 2.60. The van der Waals surface area contributed by atoms with Crippen molar-refractivity contribution in [3.63, 3.8) is 0 Å². The van der Waals surface area contributed by atoms with E-state index >= 15 is 0 Å². The van der Waals surface area contributed by atoms with Gasteiger partial charge < -0.3 is 4.74 Å². The molecule has 0 radical (unpaired) electrons. The summed E-state index contributed by atoms with van der Waals surface area (Å²) in [5.74, 6) is 0.0270. The smallest absolute Gasteiger partial charge is 0.355 e. The van der Waals surface area contributed by atoms with Crippen LogP contribution in [0.3, 0.4) is 0 Å². The van der Waals surface area contributed by atoms with Gasteiger partial charge in [-0.25, -0.2) is 9.18 Å². The molecule has 0 bridgehead atoms. The molecule has 2 N–H and O–H groups in total. The summed E-state index contributed by atoms with van der Waals surface area (Å²) in [6, 6.07) is 7.39. The van der Waals surface area contributed by atoms with E-state index in [0.29, 0.717) is 18.8 Å². The highest BCUT2D eigenvalue weighted by atomic mass is 32.1. The van der Waals surface area contributed by atoms with Crippen LogP contribution in [0.2, 0.25) is 0 Å². The second kappa shape index (κ2) is 8.77. The number of benzene rings is 1. The molecule has 0 aliphatic carbocycles. The first-order chi connectivity index (χ1) is 13.3. The molecule has 1 aromatic heterocycles. The number of hydrogen-bond acceptors (Lipinski definition) is 7. The van der Waals surface area contributed by atoms with Crippen LogP contribution in [0.4, 0.5) is 4.39 Å². The van der Waals surface area contributed by atoms with Crippen molar-refractivity contribution in [3.05, 3.63) is 57.0 Å². The average Bonchev–Trinajstić information content (AvgIpc) is 3.11. The lowest BCUT2D eigenvalue weighted by molar-refractivity contribution is 0.00733. The zero-order valence-corrected chi connectivity index (χ0v) is 17.0. The van der Waals surface area contributed by atoms with Gasteiger partial charge in [0.15, 0.2) is 11.6 Å². The lowest BCUT2D eigenvalue weighted by atomic mass is 10.2. The minimum Gasteiger partial charge on any atom is -0.355 e. The van der Waals surface area contributed by atoms with Gasteiger partial charge in [-0.3, -0.25) is 14.1 Å². The average molecular weight is 431 g/mol. The van der Waals surface area contributed by atoms with E-state index in [0.717, 1.165) is 18.2 Å². The molecule has 2 aliphatic heterocycles. The van der Waals surface area contributed by atoms with Crippen LogP contribution >= 0.6 is 20.4 Å². The predicted molar refractivity (Wildman–Crippen MR) is 103 cm³/mol. The van der Waals surface area contributed by atoms with Crippen molar-refractivity contribution in [1.82, 2.24) is 9.55 Å². The Hall–Kier alpha value is -1.68. The Morgan fingerprint density at radius 2 is 2.14 bits per heavy atom. The lowest BCUT2D eigenvalue weighted by Crippen LogP contribution is -2.27. The van der Waals surface area contributed by atoms with E-state index in [1.807, 2.05) is 25.1 Å². The van der Waals surface area contributed by atoms with Gasteiger partial charge in [0, 0.05) is 5.56 Å². The number of para-hydroxylation sites is 1. The minimum absolute atomic E-state index is 0.105. The van der Waals surface area contributed by atoms with Crippen LogP contribution < -0.4 is 10.2 Å². The highest BCUT2D eigenvalue weighted by molar-refractivity contribution is 7.71. The number of aromatic amines is 1. The first-order valence-corrected chi connectivity index (χ1v) is 10.5. The van der Waals surface area contributed by atoms with Crippen molar-refractivity contribution in [1.29, 1.82) is 0 Å². The standard InChI is InChI=1S/C9H11FN2O2S.C8H10O4P/c1-5-2-3-7(14-5)12-4-6(10)8(15)11-9(12)13;1-10-13(9)11-6-7-4-2-3-5-8(7)12-13/h4-5,7H,2-3H2,1H3,(H,11,13,15);2-5,9H,6H2,1H3/q;+1. The van der Waals surface area contributed by atoms with Crippen LogP contribution in [-0.4, -0.2) is 27.7 Å². The molecule has 2 aliphatic rings. The van der Waals surface area contributed by atoms with Gasteiger partial charge in [0.25, 0.3) is 0 Å². The molecule has 1 aromatic carbocycles. The zero-order chi connectivity index (χ0) is 20.3. The topological polar surface area (TPSA) is 94.9 Å². The van der Waals surface area contributed by atoms with Crippen LogP contribution in [0.5, 0.6) is 5.75 Å². The van der Waals surface area contributed by atoms with Gasteiger partial charge in [-0.1, -0.05) is 30.4 Å². The molecule has 3 heterocycles. The van der Waals surface area contributed by atoms with Crippen LogP contribution in [0.1, 0.15) is 31.6 Å². The van der Waals surface area contributed by atoms with Crippen molar-refractivity contribution < 1.29 is 27.6 Å². The summed E-state index contributed by atoms with van der Waals surface area (Å²) in [4.78, 5) is 23.3. The van der Waals surface area contributed by atoms with Crippen molar-refractivity contribution in [3.8, 4) is 5.75 Å². The van der Waals surface area contributed by atoms with E-state index in [1.54, 1.807) is 6.07 Å². The maximum Gasteiger partial charge on any atom is 0.619 e. The number of nitrogens with zero attached hydrogens (tertiary/aromatic N) is 1. The molecular weight excluding hydrogens is 410 g/mol. The number of ether oxygens (including phenoxy) is 1. The largest absolute Gasteiger partial charge is 0.619 e. The van der Waals surface area contributed by atoms with E-state index in [4.69, 9.17) is 18.3 Å². The summed E-state index contributed by atoms with van der Waals surface area (Å²) >= 11 is 4.61. The van der Waals surface area contributed by atoms with Gasteiger partial charge in [-0.15, -0.1) is 9.05 Å². The fraction of sp³-hybridized carbons (Fsp3) is 0.412. The molecule has 2 aromatic rings. The third-order valence-electron chi connectivity index (χ3n) is 4.24. The Bertz CT molecular complexity index is 954. The number of aromatic nitrogens is 2. The molecule has 0 spiro atoms. The number of rotatable bonds is 2. The first kappa shape index (κ1) is 21.0. The van der Waals surface area contributed by atoms with Crippen molar-refractivity contribution >= 4 is 20.4 Å². The van der Waals surface area contributed by atoms with Crippen LogP contribution in [0.25, 0.3) is 0 Å². The Morgan fingerprint density at radius 1 is 1.39 bits per heavy atom. The van der Waals surface area contributed by atoms with E-state index in [2.05, 4.69) is 17.2 Å². The molecule has 4 rings (SSSR count). The van der Waals surface area contributed by atoms with E-state index in [-0.39, 0.29) is 17.0 Å². The fourth-order valence-electron chi connectivity index (χ4n) is 2.76. The zero-order valence-electron chi connectivity index (χ0n) is 15.3. The summed E-state index contributed by atoms with van der Waals surface area (Å²) in [6.07, 6.45) is 2.41. The van der Waals surface area contributed by atoms with Gasteiger partial charge >= 0.3 is 13.9 Å². The Balaban J connectivity index is 0.000000162. The molecule has 152 valence electrons. The van der Waals surface area contributed by atoms with Gasteiger partial charge in [0.2, 0.25) is 0 Å². The molecule has 8 nitrogen and oxygen atoms in total. The van der Waals surface area contributed by atoms with E-state index < -0.39 is 19.7 Å². The van der Waals surface area contributed by atoms with E-state index in [9.17, 15) is 14.1 Å². The minimum atomic E-state index is -3.08. The maximum absolute atomic E-state index is 13.2. The van der Waals surface area contributed by atoms with Crippen molar-refractivity contribution in [2.75, 3.05) is 7.11 Å². The molecule has 0 amide bonds. The number of fused-ring (bicyclic) bond motifs is 1. The Kier molecular flexibility index (Phi) is 6.59. The molecular formula is C17H21FN2O6PS+. The summed E-state index contributed by atoms with van der Waals surface area (Å²) in [6.45, 7) is 2.25. The van der Waals surface area contributed by atoms with E-state index in [1.165, 1.54) is 11.7 Å². The molecule has 1 fully saturated rings. The van der Waals surface area contributed by atoms with Crippen molar-refractivity contribution in [2.24, 2.45) is 0 Å². The second-order valence-corrected chi connectivity index (χ2v) is 8.40.